The highest BCUT2D eigenvalue weighted by Gasteiger charge is 2.24. The smallest absolute Gasteiger partial charge is 0.339 e. The van der Waals surface area contributed by atoms with E-state index in [9.17, 15) is 4.79 Å². The van der Waals surface area contributed by atoms with Gasteiger partial charge < -0.3 is 9.84 Å². The molecule has 0 atom stereocenters. The zero-order valence-electron chi connectivity index (χ0n) is 10.6. The number of benzene rings is 1. The van der Waals surface area contributed by atoms with Crippen molar-refractivity contribution < 1.29 is 14.6 Å². The van der Waals surface area contributed by atoms with Crippen molar-refractivity contribution in [2.45, 2.75) is 19.3 Å². The van der Waals surface area contributed by atoms with Crippen molar-refractivity contribution in [3.8, 4) is 0 Å². The van der Waals surface area contributed by atoms with Crippen molar-refractivity contribution in [3.63, 3.8) is 0 Å². The number of esters is 1. The highest BCUT2D eigenvalue weighted by molar-refractivity contribution is 6.05. The number of hydrogen-bond acceptors (Lipinski definition) is 4. The lowest BCUT2D eigenvalue weighted by molar-refractivity contribution is 0.0435. The lowest BCUT2D eigenvalue weighted by atomic mass is 10.0. The molecule has 1 heterocycles. The average molecular weight is 257 g/mol. The van der Waals surface area contributed by atoms with Gasteiger partial charge in [-0.2, -0.15) is 0 Å². The van der Waals surface area contributed by atoms with Crippen LogP contribution in [0.25, 0.3) is 10.9 Å². The zero-order chi connectivity index (χ0) is 13.2. The summed E-state index contributed by atoms with van der Waals surface area (Å²) in [5.74, 6) is -0.356. The second-order valence-electron chi connectivity index (χ2n) is 4.64. The van der Waals surface area contributed by atoms with Crippen LogP contribution in [0.3, 0.4) is 0 Å². The molecular formula is C15H15NO3. The molecule has 1 aliphatic carbocycles. The number of carbonyl (C=O) groups is 1. The number of para-hydroxylation sites is 1. The predicted molar refractivity (Wildman–Crippen MR) is 71.1 cm³/mol. The van der Waals surface area contributed by atoms with Gasteiger partial charge in [0.05, 0.1) is 17.7 Å². The Labute approximate surface area is 111 Å². The first-order chi connectivity index (χ1) is 9.31. The van der Waals surface area contributed by atoms with Crippen LogP contribution in [0, 0.1) is 0 Å². The third kappa shape index (κ3) is 2.08. The third-order valence-corrected chi connectivity index (χ3v) is 3.45. The molecule has 3 rings (SSSR count). The summed E-state index contributed by atoms with van der Waals surface area (Å²) in [7, 11) is 0. The summed E-state index contributed by atoms with van der Waals surface area (Å²) in [5, 5.41) is 9.62. The van der Waals surface area contributed by atoms with Gasteiger partial charge in [0.2, 0.25) is 0 Å². The molecule has 0 radical (unpaired) electrons. The van der Waals surface area contributed by atoms with E-state index in [1.807, 2.05) is 24.3 Å². The first-order valence-corrected chi connectivity index (χ1v) is 6.49. The van der Waals surface area contributed by atoms with E-state index in [-0.39, 0.29) is 19.2 Å². The fourth-order valence-corrected chi connectivity index (χ4v) is 2.65. The molecule has 1 N–H and O–H groups in total. The fraction of sp³-hybridized carbons (Fsp3) is 0.333. The van der Waals surface area contributed by atoms with Crippen molar-refractivity contribution >= 4 is 16.9 Å². The number of aliphatic hydroxyl groups excluding tert-OH is 1. The lowest BCUT2D eigenvalue weighted by Crippen LogP contribution is -2.12. The van der Waals surface area contributed by atoms with Crippen LogP contribution in [0.15, 0.2) is 24.3 Å². The van der Waals surface area contributed by atoms with Gasteiger partial charge in [-0.1, -0.05) is 18.2 Å². The van der Waals surface area contributed by atoms with Gasteiger partial charge in [-0.25, -0.2) is 4.79 Å². The zero-order valence-corrected chi connectivity index (χ0v) is 10.6. The number of hydrogen-bond donors (Lipinski definition) is 1. The molecule has 4 nitrogen and oxygen atoms in total. The van der Waals surface area contributed by atoms with E-state index in [1.165, 1.54) is 0 Å². The van der Waals surface area contributed by atoms with E-state index in [2.05, 4.69) is 4.98 Å². The maximum Gasteiger partial charge on any atom is 0.339 e. The number of aliphatic hydroxyl groups is 1. The van der Waals surface area contributed by atoms with Gasteiger partial charge in [0.15, 0.2) is 0 Å². The molecule has 98 valence electrons. The SMILES string of the molecule is O=C(OCCO)c1c2c(nc3ccccc13)CCC2. The van der Waals surface area contributed by atoms with Crippen LogP contribution in [0.2, 0.25) is 0 Å². The average Bonchev–Trinajstić information content (AvgIpc) is 2.89. The Morgan fingerprint density at radius 3 is 3.00 bits per heavy atom. The Morgan fingerprint density at radius 1 is 1.32 bits per heavy atom. The topological polar surface area (TPSA) is 59.4 Å². The van der Waals surface area contributed by atoms with E-state index in [0.29, 0.717) is 5.56 Å². The number of rotatable bonds is 3. The van der Waals surface area contributed by atoms with Gasteiger partial charge in [-0.05, 0) is 30.9 Å². The minimum Gasteiger partial charge on any atom is -0.460 e. The van der Waals surface area contributed by atoms with Crippen molar-refractivity contribution in [3.05, 3.63) is 41.1 Å². The molecule has 0 saturated heterocycles. The summed E-state index contributed by atoms with van der Waals surface area (Å²) in [6.45, 7) is -0.124. The molecule has 0 spiro atoms. The molecule has 0 amide bonds. The highest BCUT2D eigenvalue weighted by Crippen LogP contribution is 2.30. The van der Waals surface area contributed by atoms with Gasteiger partial charge in [-0.3, -0.25) is 4.98 Å². The lowest BCUT2D eigenvalue weighted by Gasteiger charge is -2.11. The second-order valence-corrected chi connectivity index (χ2v) is 4.64. The van der Waals surface area contributed by atoms with Gasteiger partial charge >= 0.3 is 5.97 Å². The largest absolute Gasteiger partial charge is 0.460 e. The van der Waals surface area contributed by atoms with E-state index in [4.69, 9.17) is 9.84 Å². The second kappa shape index (κ2) is 4.97. The number of aromatic nitrogens is 1. The van der Waals surface area contributed by atoms with Crippen LogP contribution in [0.5, 0.6) is 0 Å². The number of ether oxygens (including phenoxy) is 1. The number of pyridine rings is 1. The minimum atomic E-state index is -0.356. The Morgan fingerprint density at radius 2 is 2.16 bits per heavy atom. The van der Waals surface area contributed by atoms with Gasteiger partial charge in [0, 0.05) is 11.1 Å². The van der Waals surface area contributed by atoms with E-state index in [0.717, 1.165) is 41.4 Å². The summed E-state index contributed by atoms with van der Waals surface area (Å²) in [6, 6.07) is 7.63. The normalized spacial score (nSPS) is 13.5. The molecule has 0 aliphatic heterocycles. The van der Waals surface area contributed by atoms with Gasteiger partial charge in [-0.15, -0.1) is 0 Å². The Bertz CT molecular complexity index is 637. The molecule has 0 unspecified atom stereocenters. The molecule has 0 bridgehead atoms. The monoisotopic (exact) mass is 257 g/mol. The Balaban J connectivity index is 2.17. The third-order valence-electron chi connectivity index (χ3n) is 3.45. The molecular weight excluding hydrogens is 242 g/mol. The predicted octanol–water partition coefficient (Wildman–Crippen LogP) is 1.87. The van der Waals surface area contributed by atoms with Crippen molar-refractivity contribution in [1.29, 1.82) is 0 Å². The highest BCUT2D eigenvalue weighted by atomic mass is 16.5. The summed E-state index contributed by atoms with van der Waals surface area (Å²) in [6.07, 6.45) is 2.82. The Kier molecular flexibility index (Phi) is 3.17. The van der Waals surface area contributed by atoms with Crippen LogP contribution in [-0.4, -0.2) is 29.3 Å². The van der Waals surface area contributed by atoms with Crippen LogP contribution in [0.4, 0.5) is 0 Å². The molecule has 2 aromatic rings. The van der Waals surface area contributed by atoms with E-state index in [1.54, 1.807) is 0 Å². The van der Waals surface area contributed by atoms with Crippen molar-refractivity contribution in [2.24, 2.45) is 0 Å². The molecule has 1 aromatic carbocycles. The number of aryl methyl sites for hydroxylation is 1. The maximum atomic E-state index is 12.2. The number of carbonyl (C=O) groups excluding carboxylic acids is 1. The maximum absolute atomic E-state index is 12.2. The minimum absolute atomic E-state index is 0.0320. The van der Waals surface area contributed by atoms with Crippen LogP contribution >= 0.6 is 0 Å². The fourth-order valence-electron chi connectivity index (χ4n) is 2.65. The molecule has 19 heavy (non-hydrogen) atoms. The number of nitrogens with zero attached hydrogens (tertiary/aromatic N) is 1. The van der Waals surface area contributed by atoms with Crippen LogP contribution in [0.1, 0.15) is 28.0 Å². The summed E-state index contributed by atoms with van der Waals surface area (Å²) in [5.41, 5.74) is 3.49. The first-order valence-electron chi connectivity index (χ1n) is 6.49. The summed E-state index contributed by atoms with van der Waals surface area (Å²) >= 11 is 0. The molecule has 4 heteroatoms. The summed E-state index contributed by atoms with van der Waals surface area (Å²) < 4.78 is 5.09. The summed E-state index contributed by atoms with van der Waals surface area (Å²) in [4.78, 5) is 16.8. The quantitative estimate of drug-likeness (QED) is 0.853. The molecule has 0 fully saturated rings. The first kappa shape index (κ1) is 12.1. The number of fused-ring (bicyclic) bond motifs is 2. The van der Waals surface area contributed by atoms with Crippen molar-refractivity contribution in [1.82, 2.24) is 4.98 Å². The Hall–Kier alpha value is -1.94. The van der Waals surface area contributed by atoms with Gasteiger partial charge in [0.1, 0.15) is 6.61 Å². The van der Waals surface area contributed by atoms with Crippen LogP contribution < -0.4 is 0 Å². The van der Waals surface area contributed by atoms with E-state index >= 15 is 0 Å². The van der Waals surface area contributed by atoms with Crippen LogP contribution in [-0.2, 0) is 17.6 Å². The van der Waals surface area contributed by atoms with Gasteiger partial charge in [0.25, 0.3) is 0 Å². The molecule has 1 aromatic heterocycles. The molecule has 0 saturated carbocycles. The molecule has 1 aliphatic rings. The van der Waals surface area contributed by atoms with E-state index < -0.39 is 0 Å². The standard InChI is InChI=1S/C15H15NO3/c17-8-9-19-15(18)14-10-4-1-2-6-12(10)16-13-7-3-5-11(13)14/h1-2,4,6,17H,3,5,7-9H2. The van der Waals surface area contributed by atoms with Crippen molar-refractivity contribution in [2.75, 3.05) is 13.2 Å².